The molecule has 0 saturated heterocycles. The van der Waals surface area contributed by atoms with Crippen molar-refractivity contribution < 1.29 is 18.0 Å². The van der Waals surface area contributed by atoms with E-state index in [0.29, 0.717) is 0 Å². The summed E-state index contributed by atoms with van der Waals surface area (Å²) in [5.41, 5.74) is -0.532. The molecule has 0 radical (unpaired) electrons. The first kappa shape index (κ1) is 11.5. The first-order valence-electron chi connectivity index (χ1n) is 4.24. The van der Waals surface area contributed by atoms with E-state index < -0.39 is 11.7 Å². The van der Waals surface area contributed by atoms with Crippen LogP contribution in [0.15, 0.2) is 29.3 Å². The lowest BCUT2D eigenvalue weighted by molar-refractivity contribution is -0.138. The molecule has 0 aromatic heterocycles. The molecular weight excluding hydrogens is 207 g/mol. The van der Waals surface area contributed by atoms with Gasteiger partial charge in [0, 0.05) is 0 Å². The third kappa shape index (κ3) is 3.22. The fraction of sp³-hybridized carbons (Fsp3) is 0.300. The summed E-state index contributed by atoms with van der Waals surface area (Å²) < 4.78 is 37.3. The topological polar surface area (TPSA) is 29.4 Å². The fourth-order valence-corrected chi connectivity index (χ4v) is 1.24. The number of aliphatic imine (C=N–C) groups is 1. The van der Waals surface area contributed by atoms with E-state index in [1.807, 2.05) is 0 Å². The fourth-order valence-electron chi connectivity index (χ4n) is 1.24. The molecule has 1 aromatic rings. The van der Waals surface area contributed by atoms with E-state index in [9.17, 15) is 18.0 Å². The standard InChI is InChI=1S/C10H8F3NO/c11-10(12,13)9-4-2-1-3-8(9)5-6-14-7-15/h1-4H,5-6H2. The van der Waals surface area contributed by atoms with Crippen LogP contribution in [0.1, 0.15) is 11.1 Å². The second-order valence-corrected chi connectivity index (χ2v) is 2.88. The molecule has 0 saturated carbocycles. The highest BCUT2D eigenvalue weighted by Crippen LogP contribution is 2.31. The van der Waals surface area contributed by atoms with Crippen molar-refractivity contribution in [2.75, 3.05) is 6.54 Å². The molecule has 0 bridgehead atoms. The van der Waals surface area contributed by atoms with Gasteiger partial charge in [-0.3, -0.25) is 0 Å². The molecule has 0 heterocycles. The van der Waals surface area contributed by atoms with Crippen LogP contribution in [0.2, 0.25) is 0 Å². The molecule has 0 spiro atoms. The first-order valence-corrected chi connectivity index (χ1v) is 4.24. The number of hydrogen-bond donors (Lipinski definition) is 0. The van der Waals surface area contributed by atoms with Gasteiger partial charge < -0.3 is 0 Å². The summed E-state index contributed by atoms with van der Waals surface area (Å²) >= 11 is 0. The Morgan fingerprint density at radius 2 is 1.93 bits per heavy atom. The monoisotopic (exact) mass is 215 g/mol. The van der Waals surface area contributed by atoms with Gasteiger partial charge in [-0.1, -0.05) is 18.2 Å². The Bertz CT molecular complexity index is 380. The summed E-state index contributed by atoms with van der Waals surface area (Å²) in [7, 11) is 0. The van der Waals surface area contributed by atoms with Gasteiger partial charge in [0.05, 0.1) is 12.1 Å². The van der Waals surface area contributed by atoms with Crippen molar-refractivity contribution >= 4 is 6.08 Å². The molecule has 2 nitrogen and oxygen atoms in total. The number of alkyl halides is 3. The van der Waals surface area contributed by atoms with Gasteiger partial charge in [0.25, 0.3) is 0 Å². The van der Waals surface area contributed by atoms with Crippen molar-refractivity contribution in [3.63, 3.8) is 0 Å². The van der Waals surface area contributed by atoms with Crippen LogP contribution in [0.5, 0.6) is 0 Å². The third-order valence-electron chi connectivity index (χ3n) is 1.88. The maximum atomic E-state index is 12.4. The van der Waals surface area contributed by atoms with Gasteiger partial charge in [-0.15, -0.1) is 0 Å². The van der Waals surface area contributed by atoms with Crippen molar-refractivity contribution in [1.29, 1.82) is 0 Å². The van der Waals surface area contributed by atoms with Gasteiger partial charge in [-0.05, 0) is 18.1 Å². The van der Waals surface area contributed by atoms with Gasteiger partial charge >= 0.3 is 6.18 Å². The normalized spacial score (nSPS) is 10.9. The summed E-state index contributed by atoms with van der Waals surface area (Å²) in [6, 6.07) is 5.24. The Morgan fingerprint density at radius 3 is 2.53 bits per heavy atom. The van der Waals surface area contributed by atoms with Crippen molar-refractivity contribution in [2.45, 2.75) is 12.6 Å². The molecule has 0 fully saturated rings. The van der Waals surface area contributed by atoms with Crippen LogP contribution in [0, 0.1) is 0 Å². The van der Waals surface area contributed by atoms with Crippen molar-refractivity contribution in [1.82, 2.24) is 0 Å². The quantitative estimate of drug-likeness (QED) is 0.562. The molecule has 0 atom stereocenters. The predicted molar refractivity (Wildman–Crippen MR) is 48.1 cm³/mol. The average molecular weight is 215 g/mol. The van der Waals surface area contributed by atoms with E-state index >= 15 is 0 Å². The summed E-state index contributed by atoms with van der Waals surface area (Å²) in [4.78, 5) is 13.0. The highest BCUT2D eigenvalue weighted by atomic mass is 19.4. The molecule has 5 heteroatoms. The molecule has 0 unspecified atom stereocenters. The minimum Gasteiger partial charge on any atom is -0.211 e. The highest BCUT2D eigenvalue weighted by Gasteiger charge is 2.32. The van der Waals surface area contributed by atoms with Crippen molar-refractivity contribution in [2.24, 2.45) is 4.99 Å². The number of benzene rings is 1. The lowest BCUT2D eigenvalue weighted by Crippen LogP contribution is -2.09. The van der Waals surface area contributed by atoms with Crippen LogP contribution in [0.25, 0.3) is 0 Å². The van der Waals surface area contributed by atoms with Gasteiger partial charge in [0.2, 0.25) is 6.08 Å². The molecule has 15 heavy (non-hydrogen) atoms. The zero-order chi connectivity index (χ0) is 11.3. The number of carbonyl (C=O) groups excluding carboxylic acids is 1. The number of isocyanates is 1. The van der Waals surface area contributed by atoms with E-state index in [2.05, 4.69) is 4.99 Å². The van der Waals surface area contributed by atoms with E-state index in [4.69, 9.17) is 0 Å². The Labute approximate surface area is 84.4 Å². The smallest absolute Gasteiger partial charge is 0.211 e. The third-order valence-corrected chi connectivity index (χ3v) is 1.88. The van der Waals surface area contributed by atoms with Crippen molar-refractivity contribution in [3.8, 4) is 0 Å². The number of halogens is 3. The minimum atomic E-state index is -4.36. The summed E-state index contributed by atoms with van der Waals surface area (Å²) in [6.45, 7) is 0.0244. The van der Waals surface area contributed by atoms with Crippen LogP contribution >= 0.6 is 0 Å². The maximum Gasteiger partial charge on any atom is 0.416 e. The first-order chi connectivity index (χ1) is 7.05. The molecule has 0 N–H and O–H groups in total. The zero-order valence-corrected chi connectivity index (χ0v) is 7.71. The number of nitrogens with zero attached hydrogens (tertiary/aromatic N) is 1. The Balaban J connectivity index is 2.91. The van der Waals surface area contributed by atoms with Gasteiger partial charge in [-0.2, -0.15) is 13.2 Å². The minimum absolute atomic E-state index is 0.0244. The van der Waals surface area contributed by atoms with Crippen LogP contribution in [0.3, 0.4) is 0 Å². The van der Waals surface area contributed by atoms with E-state index in [0.717, 1.165) is 6.07 Å². The molecular formula is C10H8F3NO. The largest absolute Gasteiger partial charge is 0.416 e. The SMILES string of the molecule is O=C=NCCc1ccccc1C(F)(F)F. The molecule has 0 aliphatic rings. The lowest BCUT2D eigenvalue weighted by atomic mass is 10.0. The highest BCUT2D eigenvalue weighted by molar-refractivity contribution is 5.34. The van der Waals surface area contributed by atoms with Crippen LogP contribution in [-0.2, 0) is 17.4 Å². The number of hydrogen-bond acceptors (Lipinski definition) is 2. The van der Waals surface area contributed by atoms with Gasteiger partial charge in [0.15, 0.2) is 0 Å². The maximum absolute atomic E-state index is 12.4. The zero-order valence-electron chi connectivity index (χ0n) is 7.71. The molecule has 0 aliphatic carbocycles. The van der Waals surface area contributed by atoms with Crippen LogP contribution in [0.4, 0.5) is 13.2 Å². The predicted octanol–water partition coefficient (Wildman–Crippen LogP) is 2.58. The lowest BCUT2D eigenvalue weighted by Gasteiger charge is -2.11. The molecule has 80 valence electrons. The second kappa shape index (κ2) is 4.75. The second-order valence-electron chi connectivity index (χ2n) is 2.88. The van der Waals surface area contributed by atoms with Crippen LogP contribution in [-0.4, -0.2) is 12.6 Å². The van der Waals surface area contributed by atoms with E-state index in [-0.39, 0.29) is 18.5 Å². The molecule has 0 amide bonds. The van der Waals surface area contributed by atoms with Gasteiger partial charge in [-0.25, -0.2) is 9.79 Å². The average Bonchev–Trinajstić information content (AvgIpc) is 2.17. The van der Waals surface area contributed by atoms with Crippen molar-refractivity contribution in [3.05, 3.63) is 35.4 Å². The van der Waals surface area contributed by atoms with E-state index in [1.165, 1.54) is 24.3 Å². The molecule has 1 rings (SSSR count). The molecule has 0 aliphatic heterocycles. The Kier molecular flexibility index (Phi) is 3.63. The van der Waals surface area contributed by atoms with Gasteiger partial charge in [0.1, 0.15) is 0 Å². The van der Waals surface area contributed by atoms with E-state index in [1.54, 1.807) is 0 Å². The summed E-state index contributed by atoms with van der Waals surface area (Å²) in [6.07, 6.45) is -2.98. The molecule has 1 aromatic carbocycles. The summed E-state index contributed by atoms with van der Waals surface area (Å²) in [5.74, 6) is 0. The summed E-state index contributed by atoms with van der Waals surface area (Å²) in [5, 5.41) is 0. The Morgan fingerprint density at radius 1 is 1.27 bits per heavy atom. The number of rotatable bonds is 3. The Hall–Kier alpha value is -1.61. The van der Waals surface area contributed by atoms with Crippen LogP contribution < -0.4 is 0 Å².